The van der Waals surface area contributed by atoms with Gasteiger partial charge in [0.2, 0.25) is 0 Å². The highest BCUT2D eigenvalue weighted by Gasteiger charge is 1.91. The summed E-state index contributed by atoms with van der Waals surface area (Å²) in [6, 6.07) is 0. The van der Waals surface area contributed by atoms with Crippen LogP contribution < -0.4 is 5.11 Å². The fourth-order valence-corrected chi connectivity index (χ4v) is 0.257. The first-order chi connectivity index (χ1) is 4.20. The van der Waals surface area contributed by atoms with Crippen molar-refractivity contribution in [3.8, 4) is 0 Å². The molecule has 0 unspecified atom stereocenters. The Labute approximate surface area is 50.8 Å². The highest BCUT2D eigenvalue weighted by Crippen LogP contribution is 1.85. The zero-order valence-electron chi connectivity index (χ0n) is 4.56. The van der Waals surface area contributed by atoms with Crippen LogP contribution in [0.2, 0.25) is 0 Å². The van der Waals surface area contributed by atoms with Gasteiger partial charge in [-0.05, 0) is 6.08 Å². The van der Waals surface area contributed by atoms with Gasteiger partial charge in [-0.2, -0.15) is 0 Å². The summed E-state index contributed by atoms with van der Waals surface area (Å²) in [6.45, 7) is -2.49. The molecule has 0 N–H and O–H groups in total. The molecule has 0 radical (unpaired) electrons. The van der Waals surface area contributed by atoms with Gasteiger partial charge in [-0.1, -0.05) is 5.76 Å². The third-order valence-electron chi connectivity index (χ3n) is 0.585. The summed E-state index contributed by atoms with van der Waals surface area (Å²) in [4.78, 5) is 9.96. The van der Waals surface area contributed by atoms with Crippen LogP contribution in [0.3, 0.4) is 0 Å². The molecule has 0 atom stereocenters. The SMILES string of the molecule is O=C(/C=C(\[O-])CF)CF. The van der Waals surface area contributed by atoms with E-state index in [1.165, 1.54) is 0 Å². The lowest BCUT2D eigenvalue weighted by atomic mass is 10.3. The molecule has 0 aromatic rings. The molecule has 0 saturated carbocycles. The quantitative estimate of drug-likeness (QED) is 0.395. The van der Waals surface area contributed by atoms with Gasteiger partial charge in [-0.15, -0.1) is 0 Å². The number of hydrogen-bond donors (Lipinski definition) is 0. The minimum Gasteiger partial charge on any atom is -0.874 e. The average molecular weight is 135 g/mol. The van der Waals surface area contributed by atoms with Gasteiger partial charge in [0.05, 0.1) is 0 Å². The van der Waals surface area contributed by atoms with Gasteiger partial charge in [0.15, 0.2) is 12.5 Å². The lowest BCUT2D eigenvalue weighted by molar-refractivity contribution is -0.307. The number of ketones is 1. The maximum atomic E-state index is 11.2. The van der Waals surface area contributed by atoms with Gasteiger partial charge >= 0.3 is 0 Å². The van der Waals surface area contributed by atoms with Crippen LogP contribution in [-0.2, 0) is 4.79 Å². The molecule has 0 rings (SSSR count). The molecule has 9 heavy (non-hydrogen) atoms. The van der Waals surface area contributed by atoms with Gasteiger partial charge in [-0.3, -0.25) is 4.79 Å². The largest absolute Gasteiger partial charge is 0.874 e. The van der Waals surface area contributed by atoms with Gasteiger partial charge in [0, 0.05) is 0 Å². The first-order valence-corrected chi connectivity index (χ1v) is 2.23. The summed E-state index contributed by atoms with van der Waals surface area (Å²) in [5.74, 6) is -1.98. The molecular weight excluding hydrogens is 130 g/mol. The monoisotopic (exact) mass is 135 g/mol. The molecule has 0 saturated heterocycles. The Morgan fingerprint density at radius 3 is 2.33 bits per heavy atom. The van der Waals surface area contributed by atoms with Crippen LogP contribution in [-0.4, -0.2) is 19.1 Å². The van der Waals surface area contributed by atoms with Crippen LogP contribution in [0.4, 0.5) is 8.78 Å². The summed E-state index contributed by atoms with van der Waals surface area (Å²) in [5, 5.41) is 9.96. The van der Waals surface area contributed by atoms with Crippen molar-refractivity contribution in [2.75, 3.05) is 13.3 Å². The summed E-state index contributed by atoms with van der Waals surface area (Å²) in [5.41, 5.74) is 0. The summed E-state index contributed by atoms with van der Waals surface area (Å²) in [7, 11) is 0. The van der Waals surface area contributed by atoms with Crippen molar-refractivity contribution in [3.05, 3.63) is 11.8 Å². The third-order valence-corrected chi connectivity index (χ3v) is 0.585. The number of hydrogen-bond acceptors (Lipinski definition) is 2. The average Bonchev–Trinajstić information content (AvgIpc) is 1.87. The molecule has 0 fully saturated rings. The molecule has 0 bridgehead atoms. The number of halogens is 2. The molecule has 0 aromatic heterocycles. The second-order valence-electron chi connectivity index (χ2n) is 1.34. The lowest BCUT2D eigenvalue weighted by Gasteiger charge is -2.02. The Bertz CT molecular complexity index is 131. The molecule has 0 spiro atoms. The van der Waals surface area contributed by atoms with Gasteiger partial charge in [0.25, 0.3) is 0 Å². The van der Waals surface area contributed by atoms with Crippen molar-refractivity contribution < 1.29 is 18.7 Å². The minimum absolute atomic E-state index is 0.417. The van der Waals surface area contributed by atoms with Crippen LogP contribution >= 0.6 is 0 Å². The summed E-state index contributed by atoms with van der Waals surface area (Å²) in [6.07, 6.45) is 0.417. The van der Waals surface area contributed by atoms with E-state index in [1.54, 1.807) is 0 Å². The highest BCUT2D eigenvalue weighted by atomic mass is 19.1. The first-order valence-electron chi connectivity index (χ1n) is 2.23. The zero-order valence-corrected chi connectivity index (χ0v) is 4.56. The maximum Gasteiger partial charge on any atom is 0.185 e. The number of carbonyl (C=O) groups excluding carboxylic acids is 1. The summed E-state index contributed by atoms with van der Waals surface area (Å²) >= 11 is 0. The van der Waals surface area contributed by atoms with Crippen LogP contribution in [0, 0.1) is 0 Å². The molecule has 0 aliphatic carbocycles. The molecular formula is C5H5F2O2-. The smallest absolute Gasteiger partial charge is 0.185 e. The fraction of sp³-hybridized carbons (Fsp3) is 0.400. The molecule has 2 nitrogen and oxygen atoms in total. The number of alkyl halides is 2. The van der Waals surface area contributed by atoms with E-state index in [1.807, 2.05) is 0 Å². The Hall–Kier alpha value is -0.930. The standard InChI is InChI=1S/C5H6F2O2/c6-2-4(8)1-5(9)3-7/h1,8H,2-3H2/p-1/b4-1-. The highest BCUT2D eigenvalue weighted by molar-refractivity contribution is 5.90. The Kier molecular flexibility index (Phi) is 3.59. The van der Waals surface area contributed by atoms with Gasteiger partial charge in [-0.25, -0.2) is 8.78 Å². The molecule has 4 heteroatoms. The summed E-state index contributed by atoms with van der Waals surface area (Å²) < 4.78 is 22.5. The Balaban J connectivity index is 3.79. The van der Waals surface area contributed by atoms with Crippen molar-refractivity contribution in [1.82, 2.24) is 0 Å². The number of allylic oxidation sites excluding steroid dienone is 2. The fourth-order valence-electron chi connectivity index (χ4n) is 0.257. The van der Waals surface area contributed by atoms with Crippen molar-refractivity contribution >= 4 is 5.78 Å². The normalized spacial score (nSPS) is 11.6. The van der Waals surface area contributed by atoms with E-state index in [2.05, 4.69) is 0 Å². The third kappa shape index (κ3) is 3.64. The van der Waals surface area contributed by atoms with Crippen molar-refractivity contribution in [1.29, 1.82) is 0 Å². The number of rotatable bonds is 3. The Morgan fingerprint density at radius 1 is 1.44 bits per heavy atom. The lowest BCUT2D eigenvalue weighted by Crippen LogP contribution is -2.09. The molecule has 0 heterocycles. The van der Waals surface area contributed by atoms with Crippen molar-refractivity contribution in [2.45, 2.75) is 0 Å². The van der Waals surface area contributed by atoms with Crippen LogP contribution in [0.25, 0.3) is 0 Å². The van der Waals surface area contributed by atoms with E-state index in [4.69, 9.17) is 0 Å². The first kappa shape index (κ1) is 8.07. The van der Waals surface area contributed by atoms with Crippen molar-refractivity contribution in [3.63, 3.8) is 0 Å². The predicted molar refractivity (Wildman–Crippen MR) is 25.0 cm³/mol. The van der Waals surface area contributed by atoms with Crippen LogP contribution in [0.5, 0.6) is 0 Å². The van der Waals surface area contributed by atoms with E-state index >= 15 is 0 Å². The van der Waals surface area contributed by atoms with Crippen LogP contribution in [0.15, 0.2) is 11.8 Å². The molecule has 0 aromatic carbocycles. The molecule has 0 aliphatic rings. The topological polar surface area (TPSA) is 40.1 Å². The maximum absolute atomic E-state index is 11.2. The molecule has 0 aliphatic heterocycles. The zero-order chi connectivity index (χ0) is 7.28. The van der Waals surface area contributed by atoms with E-state index in [0.29, 0.717) is 6.08 Å². The van der Waals surface area contributed by atoms with Gasteiger partial charge < -0.3 is 5.11 Å². The predicted octanol–water partition coefficient (Wildman–Crippen LogP) is -0.261. The number of carbonyl (C=O) groups is 1. The van der Waals surface area contributed by atoms with E-state index in [9.17, 15) is 18.7 Å². The van der Waals surface area contributed by atoms with E-state index in [0.717, 1.165) is 0 Å². The second kappa shape index (κ2) is 4.00. The Morgan fingerprint density at radius 2 is 2.00 bits per heavy atom. The van der Waals surface area contributed by atoms with E-state index < -0.39 is 24.9 Å². The van der Waals surface area contributed by atoms with Crippen molar-refractivity contribution in [2.24, 2.45) is 0 Å². The van der Waals surface area contributed by atoms with Crippen LogP contribution in [0.1, 0.15) is 0 Å². The van der Waals surface area contributed by atoms with Gasteiger partial charge in [0.1, 0.15) is 6.67 Å². The molecule has 52 valence electrons. The second-order valence-corrected chi connectivity index (χ2v) is 1.34. The van der Waals surface area contributed by atoms with E-state index in [-0.39, 0.29) is 0 Å². The molecule has 0 amide bonds. The minimum atomic E-state index is -1.24.